The van der Waals surface area contributed by atoms with E-state index in [1.165, 1.54) is 22.7 Å². The molecule has 0 aliphatic heterocycles. The third-order valence-corrected chi connectivity index (χ3v) is 6.07. The zero-order valence-electron chi connectivity index (χ0n) is 13.1. The van der Waals surface area contributed by atoms with Gasteiger partial charge in [0.2, 0.25) is 0 Å². The van der Waals surface area contributed by atoms with Crippen LogP contribution in [0.15, 0.2) is 46.6 Å². The summed E-state index contributed by atoms with van der Waals surface area (Å²) in [5.74, 6) is -0.182. The van der Waals surface area contributed by atoms with Gasteiger partial charge in [0.1, 0.15) is 15.6 Å². The van der Waals surface area contributed by atoms with Crippen LogP contribution in [0.25, 0.3) is 22.0 Å². The maximum absolute atomic E-state index is 12.6. The van der Waals surface area contributed by atoms with E-state index in [-0.39, 0.29) is 5.91 Å². The fourth-order valence-corrected chi connectivity index (χ4v) is 4.61. The number of pyridine rings is 1. The number of carbonyl (C=O) groups is 1. The Hall–Kier alpha value is -2.42. The summed E-state index contributed by atoms with van der Waals surface area (Å²) in [4.78, 5) is 26.4. The summed E-state index contributed by atoms with van der Waals surface area (Å²) in [6.07, 6.45) is 1.72. The summed E-state index contributed by atoms with van der Waals surface area (Å²) >= 11 is 4.39. The monoisotopic (exact) mass is 384 g/mol. The number of thiophene rings is 1. The second-order valence-corrected chi connectivity index (χ2v) is 7.79. The molecule has 124 valence electrons. The van der Waals surface area contributed by atoms with E-state index in [0.29, 0.717) is 10.0 Å². The summed E-state index contributed by atoms with van der Waals surface area (Å²) < 4.78 is 0. The van der Waals surface area contributed by atoms with E-state index in [4.69, 9.17) is 0 Å². The second kappa shape index (κ2) is 6.83. The SMILES string of the molecule is Cc1nc(-c2ccsc2)sc1C(=O)Nc1nc(-c2ccccn2)cs1. The summed E-state index contributed by atoms with van der Waals surface area (Å²) in [7, 11) is 0. The number of rotatable bonds is 4. The minimum absolute atomic E-state index is 0.182. The lowest BCUT2D eigenvalue weighted by Crippen LogP contribution is -2.11. The molecule has 0 aliphatic rings. The van der Waals surface area contributed by atoms with Gasteiger partial charge in [-0.2, -0.15) is 11.3 Å². The molecule has 4 heterocycles. The van der Waals surface area contributed by atoms with Crippen LogP contribution in [0, 0.1) is 6.92 Å². The lowest BCUT2D eigenvalue weighted by atomic mass is 10.3. The minimum Gasteiger partial charge on any atom is -0.297 e. The Morgan fingerprint density at radius 3 is 2.80 bits per heavy atom. The van der Waals surface area contributed by atoms with E-state index in [0.717, 1.165) is 27.7 Å². The molecule has 4 rings (SSSR count). The van der Waals surface area contributed by atoms with Crippen molar-refractivity contribution in [3.63, 3.8) is 0 Å². The van der Waals surface area contributed by atoms with Crippen molar-refractivity contribution in [2.45, 2.75) is 6.92 Å². The van der Waals surface area contributed by atoms with Crippen LogP contribution < -0.4 is 5.32 Å². The van der Waals surface area contributed by atoms with Gasteiger partial charge in [0, 0.05) is 22.5 Å². The van der Waals surface area contributed by atoms with Crippen LogP contribution >= 0.6 is 34.0 Å². The van der Waals surface area contributed by atoms with E-state index in [2.05, 4.69) is 20.3 Å². The number of amides is 1. The topological polar surface area (TPSA) is 67.8 Å². The highest BCUT2D eigenvalue weighted by molar-refractivity contribution is 7.18. The Morgan fingerprint density at radius 1 is 1.12 bits per heavy atom. The molecule has 0 aliphatic carbocycles. The summed E-state index contributed by atoms with van der Waals surface area (Å²) in [5, 5.41) is 10.2. The van der Waals surface area contributed by atoms with Gasteiger partial charge in [-0.15, -0.1) is 22.7 Å². The van der Waals surface area contributed by atoms with Crippen LogP contribution in [0.1, 0.15) is 15.4 Å². The molecule has 0 bridgehead atoms. The number of nitrogens with one attached hydrogen (secondary N) is 1. The molecule has 1 N–H and O–H groups in total. The predicted octanol–water partition coefficient (Wildman–Crippen LogP) is 4.95. The van der Waals surface area contributed by atoms with Crippen molar-refractivity contribution >= 4 is 45.0 Å². The van der Waals surface area contributed by atoms with Crippen LogP contribution in [-0.4, -0.2) is 20.9 Å². The van der Waals surface area contributed by atoms with Crippen LogP contribution in [0.3, 0.4) is 0 Å². The average molecular weight is 385 g/mol. The van der Waals surface area contributed by atoms with Crippen molar-refractivity contribution < 1.29 is 4.79 Å². The zero-order chi connectivity index (χ0) is 17.2. The number of hydrogen-bond acceptors (Lipinski definition) is 7. The third kappa shape index (κ3) is 3.37. The highest BCUT2D eigenvalue weighted by Gasteiger charge is 2.18. The van der Waals surface area contributed by atoms with Crippen molar-refractivity contribution in [1.82, 2.24) is 15.0 Å². The first-order valence-corrected chi connectivity index (χ1v) is 10.0. The van der Waals surface area contributed by atoms with Crippen LogP contribution in [0.2, 0.25) is 0 Å². The van der Waals surface area contributed by atoms with Crippen molar-refractivity contribution in [1.29, 1.82) is 0 Å². The highest BCUT2D eigenvalue weighted by Crippen LogP contribution is 2.30. The van der Waals surface area contributed by atoms with E-state index in [9.17, 15) is 4.79 Å². The lowest BCUT2D eigenvalue weighted by Gasteiger charge is -1.99. The summed E-state index contributed by atoms with van der Waals surface area (Å²) in [6, 6.07) is 7.66. The van der Waals surface area contributed by atoms with Gasteiger partial charge in [-0.1, -0.05) is 6.07 Å². The van der Waals surface area contributed by atoms with Crippen LogP contribution in [0.4, 0.5) is 5.13 Å². The smallest absolute Gasteiger partial charge is 0.269 e. The molecule has 0 atom stereocenters. The van der Waals surface area contributed by atoms with Gasteiger partial charge in [-0.3, -0.25) is 15.1 Å². The van der Waals surface area contributed by atoms with Crippen molar-refractivity contribution in [3.05, 3.63) is 57.2 Å². The Balaban J connectivity index is 1.54. The van der Waals surface area contributed by atoms with Gasteiger partial charge in [-0.05, 0) is 30.5 Å². The Morgan fingerprint density at radius 2 is 2.04 bits per heavy atom. The molecule has 4 aromatic heterocycles. The van der Waals surface area contributed by atoms with Gasteiger partial charge in [0.25, 0.3) is 5.91 Å². The lowest BCUT2D eigenvalue weighted by molar-refractivity contribution is 0.103. The number of hydrogen-bond donors (Lipinski definition) is 1. The zero-order valence-corrected chi connectivity index (χ0v) is 15.5. The first-order valence-electron chi connectivity index (χ1n) is 7.39. The van der Waals surface area contributed by atoms with Gasteiger partial charge in [-0.25, -0.2) is 9.97 Å². The fourth-order valence-electron chi connectivity index (χ4n) is 2.23. The molecule has 1 amide bonds. The minimum atomic E-state index is -0.182. The first-order chi connectivity index (χ1) is 12.2. The molecule has 0 saturated carbocycles. The fraction of sp³-hybridized carbons (Fsp3) is 0.0588. The number of carbonyl (C=O) groups excluding carboxylic acids is 1. The molecule has 4 aromatic rings. The van der Waals surface area contributed by atoms with E-state index < -0.39 is 0 Å². The number of aryl methyl sites for hydroxylation is 1. The molecule has 0 unspecified atom stereocenters. The normalized spacial score (nSPS) is 10.8. The third-order valence-electron chi connectivity index (χ3n) is 3.42. The van der Waals surface area contributed by atoms with Crippen LogP contribution in [-0.2, 0) is 0 Å². The van der Waals surface area contributed by atoms with Gasteiger partial charge >= 0.3 is 0 Å². The Kier molecular flexibility index (Phi) is 4.39. The summed E-state index contributed by atoms with van der Waals surface area (Å²) in [6.45, 7) is 1.85. The molecular weight excluding hydrogens is 372 g/mol. The molecule has 0 spiro atoms. The Labute approximate surface area is 156 Å². The summed E-state index contributed by atoms with van der Waals surface area (Å²) in [5.41, 5.74) is 3.31. The first kappa shape index (κ1) is 16.1. The molecule has 8 heteroatoms. The van der Waals surface area contributed by atoms with Crippen molar-refractivity contribution in [2.75, 3.05) is 5.32 Å². The molecule has 0 radical (unpaired) electrons. The second-order valence-electron chi connectivity index (χ2n) is 5.15. The molecule has 25 heavy (non-hydrogen) atoms. The van der Waals surface area contributed by atoms with Crippen molar-refractivity contribution in [3.8, 4) is 22.0 Å². The number of nitrogens with zero attached hydrogens (tertiary/aromatic N) is 3. The molecule has 0 aromatic carbocycles. The number of anilines is 1. The molecular formula is C17H12N4OS3. The van der Waals surface area contributed by atoms with Crippen LogP contribution in [0.5, 0.6) is 0 Å². The number of aromatic nitrogens is 3. The molecule has 5 nitrogen and oxygen atoms in total. The largest absolute Gasteiger partial charge is 0.297 e. The quantitative estimate of drug-likeness (QED) is 0.540. The maximum Gasteiger partial charge on any atom is 0.269 e. The van der Waals surface area contributed by atoms with Gasteiger partial charge in [0.05, 0.1) is 11.4 Å². The highest BCUT2D eigenvalue weighted by atomic mass is 32.1. The molecule has 0 saturated heterocycles. The standard InChI is InChI=1S/C17H12N4OS3/c1-10-14(25-16(19-10)11-5-7-23-8-11)15(22)21-17-20-13(9-24-17)12-4-2-3-6-18-12/h2-9H,1H3,(H,20,21,22). The van der Waals surface area contributed by atoms with E-state index in [1.807, 2.05) is 47.3 Å². The van der Waals surface area contributed by atoms with E-state index >= 15 is 0 Å². The Bertz CT molecular complexity index is 1010. The van der Waals surface area contributed by atoms with Gasteiger partial charge in [0.15, 0.2) is 5.13 Å². The average Bonchev–Trinajstić information content (AvgIpc) is 3.35. The maximum atomic E-state index is 12.6. The molecule has 0 fully saturated rings. The van der Waals surface area contributed by atoms with Crippen molar-refractivity contribution in [2.24, 2.45) is 0 Å². The predicted molar refractivity (Wildman–Crippen MR) is 103 cm³/mol. The van der Waals surface area contributed by atoms with Gasteiger partial charge < -0.3 is 0 Å². The number of thiazole rings is 2. The van der Waals surface area contributed by atoms with E-state index in [1.54, 1.807) is 17.5 Å².